The molecule has 123 heavy (non-hydrogen) atoms. The van der Waals surface area contributed by atoms with Crippen molar-refractivity contribution in [3.8, 4) is 0 Å². The summed E-state index contributed by atoms with van der Waals surface area (Å²) in [5.74, 6) is 1.19. The van der Waals surface area contributed by atoms with Gasteiger partial charge in [-0.3, -0.25) is 64.4 Å². The summed E-state index contributed by atoms with van der Waals surface area (Å²) in [5.41, 5.74) is -1.98. The van der Waals surface area contributed by atoms with Crippen molar-refractivity contribution < 1.29 is 322 Å². The predicted molar refractivity (Wildman–Crippen MR) is 389 cm³/mol. The number of methoxy groups -OCH3 is 2. The third kappa shape index (κ3) is 36.9. The Balaban J connectivity index is 0.000000615. The molecule has 0 bridgehead atoms. The molecule has 0 saturated carbocycles. The summed E-state index contributed by atoms with van der Waals surface area (Å²) >= 11 is 5.15. The molecule has 5 aliphatic heterocycles. The molecule has 63 heteroatoms. The fraction of sp³-hybridized carbons (Fsp3) is 0.667. The number of benzene rings is 2. The van der Waals surface area contributed by atoms with E-state index in [0.717, 1.165) is 41.4 Å². The molecular formula is C60H90N4Na4O47P4S4. The van der Waals surface area contributed by atoms with Crippen molar-refractivity contribution in [2.24, 2.45) is 0 Å². The number of aromatic amines is 2. The number of phosphoric ester groups is 4. The summed E-state index contributed by atoms with van der Waals surface area (Å²) in [4.78, 5) is 99.1. The van der Waals surface area contributed by atoms with E-state index in [1.807, 2.05) is 9.97 Å². The Kier molecular flexibility index (Phi) is 53.3. The van der Waals surface area contributed by atoms with Gasteiger partial charge in [-0.1, -0.05) is 35.4 Å². The molecule has 0 spiro atoms. The summed E-state index contributed by atoms with van der Waals surface area (Å²) in [5, 5.41) is 140. The largest absolute Gasteiger partial charge is 1.00 e. The molecule has 2 aromatic heterocycles. The number of aromatic nitrogens is 4. The minimum absolute atomic E-state index is 0. The quantitative estimate of drug-likeness (QED) is 0.00655. The molecule has 0 amide bonds. The van der Waals surface area contributed by atoms with E-state index in [2.05, 4.69) is 39.3 Å². The Bertz CT molecular complexity index is 4520. The molecule has 5 aliphatic rings. The van der Waals surface area contributed by atoms with Crippen molar-refractivity contribution in [2.75, 3.05) is 97.5 Å². The number of H-pyrrole nitrogens is 2. The number of aliphatic hydroxyl groups is 14. The maximum Gasteiger partial charge on any atom is 1.00 e. The number of rotatable bonds is 37. The first-order chi connectivity index (χ1) is 55.6. The fourth-order valence-electron chi connectivity index (χ4n) is 10.4. The molecule has 9 rings (SSSR count). The normalized spacial score (nSPS) is 30.7. The zero-order valence-corrected chi connectivity index (χ0v) is 81.4. The van der Waals surface area contributed by atoms with Gasteiger partial charge in [-0.2, -0.15) is 41.2 Å². The van der Waals surface area contributed by atoms with Gasteiger partial charge in [-0.05, 0) is 38.1 Å². The first kappa shape index (κ1) is 119. The molecule has 0 aliphatic carbocycles. The predicted octanol–water partition coefficient (Wildman–Crippen LogP) is -21.9. The molecule has 5 fully saturated rings. The minimum Gasteiger partial charge on any atom is -0.756 e. The summed E-state index contributed by atoms with van der Waals surface area (Å²) in [6.07, 6.45) is -40.0. The van der Waals surface area contributed by atoms with E-state index in [4.69, 9.17) is 51.0 Å². The van der Waals surface area contributed by atoms with Gasteiger partial charge in [0.2, 0.25) is 0 Å². The third-order valence-corrected chi connectivity index (χ3v) is 25.6. The second-order valence-electron chi connectivity index (χ2n) is 25.6. The molecule has 4 aromatic rings. The monoisotopic (exact) mass is 1960 g/mol. The van der Waals surface area contributed by atoms with E-state index in [1.54, 1.807) is 33.1 Å². The van der Waals surface area contributed by atoms with Gasteiger partial charge in [0.25, 0.3) is 62.6 Å². The third-order valence-electron chi connectivity index (χ3n) is 16.8. The number of hydrogen-bond donors (Lipinski definition) is 17. The van der Waals surface area contributed by atoms with Gasteiger partial charge in [-0.25, -0.2) is 18.2 Å². The van der Waals surface area contributed by atoms with Gasteiger partial charge in [0, 0.05) is 56.0 Å². The molecule has 680 valence electrons. The summed E-state index contributed by atoms with van der Waals surface area (Å²) in [7, 11) is -29.0. The Morgan fingerprint density at radius 1 is 0.431 bits per heavy atom. The smallest absolute Gasteiger partial charge is 0.756 e. The van der Waals surface area contributed by atoms with Crippen molar-refractivity contribution in [1.82, 2.24) is 19.1 Å². The maximum absolute atomic E-state index is 12.5. The van der Waals surface area contributed by atoms with Crippen LogP contribution < -0.4 is 160 Å². The fourth-order valence-corrected chi connectivity index (χ4v) is 17.5. The Hall–Kier alpha value is -0.0800. The van der Waals surface area contributed by atoms with Crippen LogP contribution in [-0.2, 0) is 116 Å². The van der Waals surface area contributed by atoms with Gasteiger partial charge >= 0.3 is 130 Å². The summed E-state index contributed by atoms with van der Waals surface area (Å²) in [6.45, 7) is 2.70. The van der Waals surface area contributed by atoms with Gasteiger partial charge in [-0.15, -0.1) is 0 Å². The number of phosphoric acid groups is 4. The van der Waals surface area contributed by atoms with Crippen molar-refractivity contribution >= 4 is 75.9 Å². The van der Waals surface area contributed by atoms with Crippen LogP contribution in [-0.4, -0.2) is 334 Å². The zero-order chi connectivity index (χ0) is 88.9. The van der Waals surface area contributed by atoms with Crippen LogP contribution in [0.3, 0.4) is 0 Å². The minimum atomic E-state index is -6.08. The number of aryl methyl sites for hydroxylation is 2. The molecule has 5 saturated heterocycles. The van der Waals surface area contributed by atoms with E-state index in [0.29, 0.717) is 54.5 Å². The number of hydrogen-bond acceptors (Lipinski definition) is 49. The van der Waals surface area contributed by atoms with Crippen molar-refractivity contribution in [1.29, 1.82) is 0 Å². The molecule has 2 aromatic carbocycles. The SMILES string of the molecule is COCCOCCS.COCCOCCSCC1O[C@H](OP(=O)([O-])OP(=O)([O-])OCC2OC(n3ccc(=O)[nH]c3=O)[C@H](O)[C@@H]2O)C(O)[C@@H](O)[C@H]1O.Cc1ccc(S(=O)(=O)OCC2OC(O)C(O)[C@@H](O)[C@H]2O)cc1.Cc1ccc(S(=O)(=O)OCC2O[C@H](OP(=O)([O-])OP(=O)([O-])OCC3OC(n4ccc(=O)[nH]c4=O)[C@H](O)[C@@H]3O)C(O)[C@@H](O)[C@H]2O)cc1.[Na+].[Na+].[Na+].[Na+]. The first-order valence-electron chi connectivity index (χ1n) is 34.6. The Labute approximate surface area is 797 Å². The van der Waals surface area contributed by atoms with E-state index in [9.17, 15) is 145 Å². The van der Waals surface area contributed by atoms with Crippen LogP contribution in [0.4, 0.5) is 0 Å². The van der Waals surface area contributed by atoms with E-state index in [-0.39, 0.29) is 134 Å². The molecule has 0 radical (unpaired) electrons. The molecule has 15 unspecified atom stereocenters. The second kappa shape index (κ2) is 55.1. The summed E-state index contributed by atoms with van der Waals surface area (Å²) in [6, 6.07) is 13.1. The van der Waals surface area contributed by atoms with E-state index in [1.165, 1.54) is 55.3 Å². The van der Waals surface area contributed by atoms with E-state index < -0.39 is 242 Å². The number of nitrogens with one attached hydrogen (secondary N) is 2. The number of thioether (sulfide) groups is 1. The first-order valence-corrected chi connectivity index (χ1v) is 45.0. The summed E-state index contributed by atoms with van der Waals surface area (Å²) < 4.78 is 180. The van der Waals surface area contributed by atoms with Gasteiger partial charge < -0.3 is 143 Å². The van der Waals surface area contributed by atoms with Gasteiger partial charge in [0.05, 0.1) is 82.0 Å². The molecule has 27 atom stereocenters. The molecule has 16 N–H and O–H groups in total. The maximum atomic E-state index is 12.5. The van der Waals surface area contributed by atoms with Crippen LogP contribution in [0.2, 0.25) is 0 Å². The standard InChI is InChI=1S/C22H30N2O19P2S.C20H34N2O18P2S.C13H18O8S.C5H12O2S.4Na/c1-10-2-4-11(5-3-10)46(36,37)39-9-13-15(26)17(28)19(30)21(41-13)42-45(34,35)43-44(32,33)38-8-12-16(27)18(29)20(40-12)24-7-6-14(25)23-22(24)31;1-34-4-5-35-6-7-43-9-11-14(25)15(26)17(28)19(38-11)39-42(32,33)40-41(30,31)36-8-10-13(24)16(27)18(37-10)22-3-2-12(23)21-20(22)29;1-7-2-4-8(5-3-7)22(18,19)20-6-9-10(14)11(15)12(16)13(17)21-9;1-6-2-3-7-4-5-8;;;;/h2-7,12-13,15-21,26-30H,8-9H2,1H3,(H,32,33)(H,34,35)(H,23,25,31);2-3,10-11,13-19,24-28H,4-9H2,1H3,(H,30,31)(H,32,33)(H,21,23,29);2-5,9-17H,6H2,1H3;8H,2-5H2,1H3;;;;/q;;;;4*+1/p-4/t12?,13?,15-,16+,17-,18+,19?,20?,21+;10?,11?,13-,14+,15+,16-,17?,18?,19-;9?,10-,11-,12?,13?;;;;;/m010...../s1. The zero-order valence-electron chi connectivity index (χ0n) is 66.5. The number of thiol groups is 1. The Morgan fingerprint density at radius 3 is 1.15 bits per heavy atom. The Morgan fingerprint density at radius 2 is 0.772 bits per heavy atom. The number of ether oxygens (including phenoxy) is 9. The average Bonchev–Trinajstić information content (AvgIpc) is 1.65. The van der Waals surface area contributed by atoms with Gasteiger partial charge in [0.1, 0.15) is 104 Å². The van der Waals surface area contributed by atoms with Crippen LogP contribution in [0, 0.1) is 13.8 Å². The van der Waals surface area contributed by atoms with Crippen molar-refractivity contribution in [3.63, 3.8) is 0 Å². The van der Waals surface area contributed by atoms with E-state index >= 15 is 0 Å². The van der Waals surface area contributed by atoms with Crippen LogP contribution in [0.5, 0.6) is 0 Å². The van der Waals surface area contributed by atoms with Crippen molar-refractivity contribution in [2.45, 2.75) is 165 Å². The topological polar surface area (TPSA) is 779 Å². The average molecular weight is 1960 g/mol. The van der Waals surface area contributed by atoms with Crippen LogP contribution in [0.15, 0.2) is 102 Å². The van der Waals surface area contributed by atoms with Crippen LogP contribution in [0.25, 0.3) is 0 Å². The van der Waals surface area contributed by atoms with Crippen LogP contribution >= 0.6 is 55.7 Å². The van der Waals surface area contributed by atoms with Gasteiger partial charge in [0.15, 0.2) is 31.3 Å². The van der Waals surface area contributed by atoms with Crippen LogP contribution in [0.1, 0.15) is 23.6 Å². The van der Waals surface area contributed by atoms with Crippen molar-refractivity contribution in [3.05, 3.63) is 126 Å². The number of nitrogens with zero attached hydrogens (tertiary/aromatic N) is 2. The second-order valence-corrected chi connectivity index (χ2v) is 36.2. The molecule has 51 nitrogen and oxygen atoms in total. The number of aliphatic hydroxyl groups excluding tert-OH is 14. The molecular weight excluding hydrogens is 1870 g/mol. The molecule has 7 heterocycles.